The molecule has 0 saturated carbocycles. The molecule has 0 spiro atoms. The summed E-state index contributed by atoms with van der Waals surface area (Å²) in [6.45, 7) is 7.43. The molecule has 0 atom stereocenters. The minimum atomic E-state index is -0.648. The average molecular weight is 280 g/mol. The minimum absolute atomic E-state index is 0.119. The van der Waals surface area contributed by atoms with Crippen LogP contribution in [0.25, 0.3) is 0 Å². The second-order valence-corrected chi connectivity index (χ2v) is 5.73. The van der Waals surface area contributed by atoms with Crippen LogP contribution in [0, 0.1) is 0 Å². The molecule has 0 aliphatic heterocycles. The number of hydrogen-bond donors (Lipinski definition) is 2. The number of aliphatic hydroxyl groups is 1. The summed E-state index contributed by atoms with van der Waals surface area (Å²) in [7, 11) is 3.39. The third-order valence-electron chi connectivity index (χ3n) is 3.40. The SMILES string of the molecule is CNc1cnc(C(C)C)nc1C(=O)N(C)C(C)(C)CO. The van der Waals surface area contributed by atoms with Gasteiger partial charge in [-0.15, -0.1) is 0 Å². The quantitative estimate of drug-likeness (QED) is 0.854. The number of rotatable bonds is 5. The number of likely N-dealkylation sites (N-methyl/N-ethyl adjacent to an activating group) is 1. The standard InChI is InChI=1S/C14H24N4O2/c1-9(2)12-16-7-10(15-5)11(17-12)13(20)18(6)14(3,4)8-19/h7,9,15,19H,8H2,1-6H3. The van der Waals surface area contributed by atoms with Crippen LogP contribution < -0.4 is 5.32 Å². The molecule has 2 N–H and O–H groups in total. The lowest BCUT2D eigenvalue weighted by atomic mass is 10.0. The van der Waals surface area contributed by atoms with Crippen molar-refractivity contribution in [1.82, 2.24) is 14.9 Å². The van der Waals surface area contributed by atoms with E-state index in [4.69, 9.17) is 0 Å². The van der Waals surface area contributed by atoms with Crippen molar-refractivity contribution < 1.29 is 9.90 Å². The largest absolute Gasteiger partial charge is 0.394 e. The predicted molar refractivity (Wildman–Crippen MR) is 78.9 cm³/mol. The van der Waals surface area contributed by atoms with Gasteiger partial charge in [-0.2, -0.15) is 0 Å². The van der Waals surface area contributed by atoms with Crippen LogP contribution in [0.4, 0.5) is 5.69 Å². The molecule has 6 heteroatoms. The van der Waals surface area contributed by atoms with E-state index in [1.807, 2.05) is 13.8 Å². The third-order valence-corrected chi connectivity index (χ3v) is 3.40. The van der Waals surface area contributed by atoms with Crippen LogP contribution in [-0.2, 0) is 0 Å². The summed E-state index contributed by atoms with van der Waals surface area (Å²) in [6.07, 6.45) is 1.62. The maximum atomic E-state index is 12.6. The first-order chi connectivity index (χ1) is 9.24. The molecule has 20 heavy (non-hydrogen) atoms. The number of amides is 1. The van der Waals surface area contributed by atoms with Crippen LogP contribution >= 0.6 is 0 Å². The highest BCUT2D eigenvalue weighted by Crippen LogP contribution is 2.20. The van der Waals surface area contributed by atoms with Crippen molar-refractivity contribution in [3.05, 3.63) is 17.7 Å². The molecule has 1 aromatic heterocycles. The first kappa shape index (κ1) is 16.4. The molecule has 6 nitrogen and oxygen atoms in total. The second kappa shape index (κ2) is 6.17. The van der Waals surface area contributed by atoms with Crippen LogP contribution in [0.5, 0.6) is 0 Å². The lowest BCUT2D eigenvalue weighted by molar-refractivity contribution is 0.0468. The Kier molecular flexibility index (Phi) is 5.05. The van der Waals surface area contributed by atoms with Gasteiger partial charge < -0.3 is 15.3 Å². The second-order valence-electron chi connectivity index (χ2n) is 5.73. The highest BCUT2D eigenvalue weighted by molar-refractivity contribution is 5.97. The van der Waals surface area contributed by atoms with Crippen LogP contribution in [0.2, 0.25) is 0 Å². The summed E-state index contributed by atoms with van der Waals surface area (Å²) in [5, 5.41) is 12.3. The van der Waals surface area contributed by atoms with E-state index < -0.39 is 5.54 Å². The normalized spacial score (nSPS) is 11.6. The summed E-state index contributed by atoms with van der Waals surface area (Å²) in [5.74, 6) is 0.531. The Labute approximate surface area is 120 Å². The summed E-state index contributed by atoms with van der Waals surface area (Å²) in [5.41, 5.74) is 0.264. The molecule has 1 aromatic rings. The molecule has 0 aromatic carbocycles. The van der Waals surface area contributed by atoms with Crippen molar-refractivity contribution in [2.45, 2.75) is 39.2 Å². The van der Waals surface area contributed by atoms with Gasteiger partial charge in [-0.1, -0.05) is 13.8 Å². The monoisotopic (exact) mass is 280 g/mol. The Hall–Kier alpha value is -1.69. The number of aliphatic hydroxyl groups excluding tert-OH is 1. The molecule has 0 saturated heterocycles. The number of aromatic nitrogens is 2. The Bertz CT molecular complexity index is 486. The van der Waals surface area contributed by atoms with E-state index in [9.17, 15) is 9.90 Å². The van der Waals surface area contributed by atoms with Gasteiger partial charge in [0.1, 0.15) is 5.82 Å². The van der Waals surface area contributed by atoms with Crippen LogP contribution in [0.1, 0.15) is 49.9 Å². The van der Waals surface area contributed by atoms with Crippen molar-refractivity contribution in [1.29, 1.82) is 0 Å². The first-order valence-electron chi connectivity index (χ1n) is 6.68. The summed E-state index contributed by atoms with van der Waals surface area (Å²) < 4.78 is 0. The number of carbonyl (C=O) groups is 1. The highest BCUT2D eigenvalue weighted by Gasteiger charge is 2.30. The van der Waals surface area contributed by atoms with Gasteiger partial charge in [-0.25, -0.2) is 9.97 Å². The van der Waals surface area contributed by atoms with Gasteiger partial charge in [-0.05, 0) is 13.8 Å². The Balaban J connectivity index is 3.23. The van der Waals surface area contributed by atoms with Crippen LogP contribution in [0.3, 0.4) is 0 Å². The van der Waals surface area contributed by atoms with E-state index in [-0.39, 0.29) is 18.4 Å². The fourth-order valence-corrected chi connectivity index (χ4v) is 1.56. The van der Waals surface area contributed by atoms with Gasteiger partial charge in [0.05, 0.1) is 24.0 Å². The summed E-state index contributed by atoms with van der Waals surface area (Å²) in [4.78, 5) is 22.7. The van der Waals surface area contributed by atoms with Gasteiger partial charge in [-0.3, -0.25) is 4.79 Å². The smallest absolute Gasteiger partial charge is 0.275 e. The van der Waals surface area contributed by atoms with Crippen LogP contribution in [0.15, 0.2) is 6.20 Å². The summed E-state index contributed by atoms with van der Waals surface area (Å²) >= 11 is 0. The lowest BCUT2D eigenvalue weighted by Gasteiger charge is -2.34. The van der Waals surface area contributed by atoms with E-state index in [1.54, 1.807) is 34.1 Å². The molecular weight excluding hydrogens is 256 g/mol. The van der Waals surface area contributed by atoms with Crippen molar-refractivity contribution >= 4 is 11.6 Å². The molecule has 0 radical (unpaired) electrons. The lowest BCUT2D eigenvalue weighted by Crippen LogP contribution is -2.48. The van der Waals surface area contributed by atoms with Gasteiger partial charge in [0, 0.05) is 20.0 Å². The predicted octanol–water partition coefficient (Wildman–Crippen LogP) is 1.48. The third kappa shape index (κ3) is 3.25. The number of nitrogens with one attached hydrogen (secondary N) is 1. The van der Waals surface area contributed by atoms with Crippen LogP contribution in [-0.4, -0.2) is 52.1 Å². The molecule has 0 aliphatic carbocycles. The molecule has 0 bridgehead atoms. The van der Waals surface area contributed by atoms with Gasteiger partial charge in [0.25, 0.3) is 5.91 Å². The number of anilines is 1. The fourth-order valence-electron chi connectivity index (χ4n) is 1.56. The Morgan fingerprint density at radius 1 is 1.50 bits per heavy atom. The molecule has 0 fully saturated rings. The number of nitrogens with zero attached hydrogens (tertiary/aromatic N) is 3. The van der Waals surface area contributed by atoms with Gasteiger partial charge in [0.2, 0.25) is 0 Å². The maximum Gasteiger partial charge on any atom is 0.275 e. The molecule has 1 rings (SSSR count). The van der Waals surface area contributed by atoms with E-state index in [1.165, 1.54) is 4.90 Å². The minimum Gasteiger partial charge on any atom is -0.394 e. The average Bonchev–Trinajstić information content (AvgIpc) is 2.44. The zero-order valence-corrected chi connectivity index (χ0v) is 13.1. The molecule has 1 amide bonds. The van der Waals surface area contributed by atoms with Gasteiger partial charge in [0.15, 0.2) is 5.69 Å². The van der Waals surface area contributed by atoms with E-state index in [0.717, 1.165) is 0 Å². The molecule has 1 heterocycles. The zero-order chi connectivity index (χ0) is 15.5. The molecular formula is C14H24N4O2. The topological polar surface area (TPSA) is 78.4 Å². The van der Waals surface area contributed by atoms with E-state index in [2.05, 4.69) is 15.3 Å². The highest BCUT2D eigenvalue weighted by atomic mass is 16.3. The fraction of sp³-hybridized carbons (Fsp3) is 0.643. The maximum absolute atomic E-state index is 12.6. The van der Waals surface area contributed by atoms with E-state index in [0.29, 0.717) is 17.2 Å². The summed E-state index contributed by atoms with van der Waals surface area (Å²) in [6, 6.07) is 0. The Morgan fingerprint density at radius 3 is 2.55 bits per heavy atom. The number of hydrogen-bond acceptors (Lipinski definition) is 5. The van der Waals surface area contributed by atoms with Crippen molar-refractivity contribution in [3.63, 3.8) is 0 Å². The van der Waals surface area contributed by atoms with Crippen molar-refractivity contribution in [2.24, 2.45) is 0 Å². The zero-order valence-electron chi connectivity index (χ0n) is 13.1. The van der Waals surface area contributed by atoms with Crippen molar-refractivity contribution in [2.75, 3.05) is 26.0 Å². The molecule has 0 unspecified atom stereocenters. The number of carbonyl (C=O) groups excluding carboxylic acids is 1. The molecule has 0 aliphatic rings. The van der Waals surface area contributed by atoms with Gasteiger partial charge >= 0.3 is 0 Å². The van der Waals surface area contributed by atoms with Crippen molar-refractivity contribution in [3.8, 4) is 0 Å². The molecule has 112 valence electrons. The Morgan fingerprint density at radius 2 is 2.10 bits per heavy atom. The van der Waals surface area contributed by atoms with E-state index >= 15 is 0 Å². The first-order valence-corrected chi connectivity index (χ1v) is 6.68.